The molecule has 0 aliphatic heterocycles. The predicted octanol–water partition coefficient (Wildman–Crippen LogP) is -0.858. The van der Waals surface area contributed by atoms with Gasteiger partial charge in [-0.1, -0.05) is 0 Å². The van der Waals surface area contributed by atoms with Crippen LogP contribution in [0.1, 0.15) is 0 Å². The van der Waals surface area contributed by atoms with E-state index in [4.69, 9.17) is 0 Å². The van der Waals surface area contributed by atoms with Gasteiger partial charge in [0.15, 0.2) is 0 Å². The van der Waals surface area contributed by atoms with Crippen LogP contribution in [-0.2, 0) is 0 Å². The summed E-state index contributed by atoms with van der Waals surface area (Å²) in [6, 6.07) is 0. The third-order valence-corrected chi connectivity index (χ3v) is 0. The van der Waals surface area contributed by atoms with Gasteiger partial charge in [0.05, 0.1) is 0 Å². The minimum absolute atomic E-state index is 0. The summed E-state index contributed by atoms with van der Waals surface area (Å²) >= 11 is 0. The van der Waals surface area contributed by atoms with E-state index < -0.39 is 0 Å². The number of quaternary nitrogens is 3. The Kier molecular flexibility index (Phi) is 1820. The molecule has 0 saturated carbocycles. The van der Waals surface area contributed by atoms with Crippen LogP contribution in [0.4, 0.5) is 0 Å². The summed E-state index contributed by atoms with van der Waals surface area (Å²) in [6.45, 7) is 0. The first-order chi connectivity index (χ1) is 0. The molecule has 0 radical (unpaired) electrons. The van der Waals surface area contributed by atoms with E-state index in [1.807, 2.05) is 0 Å². The van der Waals surface area contributed by atoms with Crippen LogP contribution in [0.3, 0.4) is 0 Å². The maximum absolute atomic E-state index is 0. The van der Waals surface area contributed by atoms with E-state index in [9.17, 15) is 0 Å². The predicted molar refractivity (Wildman–Crippen MR) is 32.1 cm³/mol. The Morgan fingerprint density at radius 1 is 0.500 bits per heavy atom. The quantitative estimate of drug-likeness (QED) is 0.405. The van der Waals surface area contributed by atoms with Crippen LogP contribution in [0.25, 0.3) is 0 Å². The first-order valence-corrected chi connectivity index (χ1v) is 0. The van der Waals surface area contributed by atoms with Crippen LogP contribution in [0.15, 0.2) is 0 Å². The van der Waals surface area contributed by atoms with E-state index in [0.29, 0.717) is 0 Å². The Hall–Kier alpha value is 0.698. The standard InChI is InChI=1S/3H3N.Sb.6H/h3*1H3;;;;;;;/q;;;-3;;;;;;/p+3. The molecule has 12 N–H and O–H groups in total. The summed E-state index contributed by atoms with van der Waals surface area (Å²) in [5.41, 5.74) is 0. The molecular formula is H18N3Sb. The van der Waals surface area contributed by atoms with Crippen molar-refractivity contribution in [2.75, 3.05) is 0 Å². The average Bonchev–Trinajstić information content (AvgIpc) is 0. The third-order valence-electron chi connectivity index (χ3n) is 0. The molecule has 0 bridgehead atoms. The van der Waals surface area contributed by atoms with Gasteiger partial charge in [0.25, 0.3) is 0 Å². The van der Waals surface area contributed by atoms with Crippen LogP contribution in [0.5, 0.6) is 0 Å². The second kappa shape index (κ2) is 55.2. The number of hydrogen-bond donors (Lipinski definition) is 3. The molecule has 4 heavy (non-hydrogen) atoms. The zero-order valence-electron chi connectivity index (χ0n) is 3.00. The molecule has 0 heterocycles. The second-order valence-corrected chi connectivity index (χ2v) is 0. The topological polar surface area (TPSA) is 110 Å². The van der Waals surface area contributed by atoms with Gasteiger partial charge in [-0.3, -0.25) is 0 Å². The molecule has 0 unspecified atom stereocenters. The van der Waals surface area contributed by atoms with Gasteiger partial charge >= 0.3 is 24.4 Å². The molecule has 3 nitrogen and oxygen atoms in total. The van der Waals surface area contributed by atoms with Crippen molar-refractivity contribution < 1.29 is 0 Å². The molecule has 0 saturated heterocycles. The van der Waals surface area contributed by atoms with Crippen molar-refractivity contribution in [2.24, 2.45) is 0 Å². The molecule has 0 aliphatic rings. The van der Waals surface area contributed by atoms with E-state index in [1.54, 1.807) is 0 Å². The molecule has 4 heteroatoms. The molecule has 0 aromatic heterocycles. The monoisotopic (exact) mass is 181 g/mol. The second-order valence-electron chi connectivity index (χ2n) is 0. The summed E-state index contributed by atoms with van der Waals surface area (Å²) < 4.78 is 0. The van der Waals surface area contributed by atoms with Crippen molar-refractivity contribution in [1.29, 1.82) is 0 Å². The SMILES string of the molecule is [NH4+].[NH4+].[NH4+].[SbH6-3]. The Morgan fingerprint density at radius 2 is 0.500 bits per heavy atom. The van der Waals surface area contributed by atoms with E-state index in [2.05, 4.69) is 0 Å². The van der Waals surface area contributed by atoms with E-state index in [-0.39, 0.29) is 42.9 Å². The first-order valence-electron chi connectivity index (χ1n) is 0. The molecule has 0 atom stereocenters. The van der Waals surface area contributed by atoms with Gasteiger partial charge in [-0.15, -0.1) is 0 Å². The van der Waals surface area contributed by atoms with Crippen LogP contribution in [0, 0.1) is 0 Å². The summed E-state index contributed by atoms with van der Waals surface area (Å²) in [4.78, 5) is 0. The third kappa shape index (κ3) is 16.0. The van der Waals surface area contributed by atoms with Gasteiger partial charge in [-0.25, -0.2) is 0 Å². The molecular weight excluding hydrogens is 164 g/mol. The molecule has 0 amide bonds. The van der Waals surface area contributed by atoms with Gasteiger partial charge in [-0.05, 0) is 0 Å². The van der Waals surface area contributed by atoms with Crippen molar-refractivity contribution in [3.63, 3.8) is 0 Å². The van der Waals surface area contributed by atoms with Gasteiger partial charge < -0.3 is 18.5 Å². The molecule has 38 valence electrons. The number of rotatable bonds is 0. The molecule has 0 fully saturated rings. The fraction of sp³-hybridized carbons (Fsp3) is 0. The molecule has 0 spiro atoms. The molecule has 0 aromatic carbocycles. The molecule has 0 aromatic rings. The average molecular weight is 182 g/mol. The summed E-state index contributed by atoms with van der Waals surface area (Å²) in [7, 11) is 0. The Bertz CT molecular complexity index is 3.25. The Balaban J connectivity index is 0. The van der Waals surface area contributed by atoms with Crippen LogP contribution >= 0.6 is 0 Å². The first kappa shape index (κ1) is 132. The van der Waals surface area contributed by atoms with Crippen LogP contribution in [0.2, 0.25) is 0 Å². The Morgan fingerprint density at radius 3 is 0.500 bits per heavy atom. The number of hydrogen-bond acceptors (Lipinski definition) is 0. The summed E-state index contributed by atoms with van der Waals surface area (Å²) in [5.74, 6) is 0. The summed E-state index contributed by atoms with van der Waals surface area (Å²) in [6.07, 6.45) is 0. The fourth-order valence-electron chi connectivity index (χ4n) is 0. The van der Waals surface area contributed by atoms with Crippen molar-refractivity contribution in [3.8, 4) is 0 Å². The van der Waals surface area contributed by atoms with Crippen molar-refractivity contribution in [3.05, 3.63) is 0 Å². The zero-order chi connectivity index (χ0) is 0. The van der Waals surface area contributed by atoms with Gasteiger partial charge in [0.1, 0.15) is 0 Å². The van der Waals surface area contributed by atoms with E-state index in [1.165, 1.54) is 0 Å². The molecule has 0 rings (SSSR count). The van der Waals surface area contributed by atoms with Crippen LogP contribution in [-0.4, -0.2) is 24.4 Å². The van der Waals surface area contributed by atoms with Crippen molar-refractivity contribution in [2.45, 2.75) is 0 Å². The van der Waals surface area contributed by atoms with E-state index in [0.717, 1.165) is 0 Å². The van der Waals surface area contributed by atoms with Crippen molar-refractivity contribution in [1.82, 2.24) is 18.5 Å². The Labute approximate surface area is 43.3 Å². The van der Waals surface area contributed by atoms with E-state index >= 15 is 0 Å². The normalized spacial score (nSPS) is 0. The molecule has 0 aliphatic carbocycles. The minimum atomic E-state index is 0. The maximum atomic E-state index is 0. The van der Waals surface area contributed by atoms with Gasteiger partial charge in [0, 0.05) is 0 Å². The summed E-state index contributed by atoms with van der Waals surface area (Å²) in [5, 5.41) is 0. The van der Waals surface area contributed by atoms with Gasteiger partial charge in [0.2, 0.25) is 0 Å². The van der Waals surface area contributed by atoms with Gasteiger partial charge in [-0.2, -0.15) is 0 Å². The van der Waals surface area contributed by atoms with Crippen LogP contribution < -0.4 is 18.5 Å². The fourth-order valence-corrected chi connectivity index (χ4v) is 0. The van der Waals surface area contributed by atoms with Crippen molar-refractivity contribution >= 4 is 24.4 Å². The zero-order valence-corrected chi connectivity index (χ0v) is 3.00.